The van der Waals surface area contributed by atoms with Gasteiger partial charge < -0.3 is 9.53 Å². The highest BCUT2D eigenvalue weighted by Crippen LogP contribution is 2.40. The molecule has 1 aliphatic heterocycles. The number of hydrogen-bond donors (Lipinski definition) is 1. The third kappa shape index (κ3) is 4.39. The van der Waals surface area contributed by atoms with Crippen molar-refractivity contribution in [3.8, 4) is 0 Å². The lowest BCUT2D eigenvalue weighted by atomic mass is 10.2. The molecule has 5 nitrogen and oxygen atoms in total. The number of rotatable bonds is 8. The summed E-state index contributed by atoms with van der Waals surface area (Å²) in [5.41, 5.74) is 0.995. The Morgan fingerprint density at radius 1 is 0.853 bits per heavy atom. The second-order valence-electron chi connectivity index (χ2n) is 9.94. The zero-order valence-corrected chi connectivity index (χ0v) is 22.0. The molecule has 1 fully saturated rings. The predicted molar refractivity (Wildman–Crippen MR) is 138 cm³/mol. The first-order valence-electron chi connectivity index (χ1n) is 11.6. The molecule has 0 bridgehead atoms. The predicted octanol–water partition coefficient (Wildman–Crippen LogP) is 3.31. The van der Waals surface area contributed by atoms with Gasteiger partial charge in [0.25, 0.3) is 8.32 Å². The largest absolute Gasteiger partial charge is 0.406 e. The van der Waals surface area contributed by atoms with Crippen molar-refractivity contribution in [3.63, 3.8) is 0 Å². The highest BCUT2D eigenvalue weighted by molar-refractivity contribution is 7.89. The zero-order valence-electron chi connectivity index (χ0n) is 20.2. The number of nitrogens with zero attached hydrogens (tertiary/aromatic N) is 1. The van der Waals surface area contributed by atoms with Crippen LogP contribution in [0.2, 0.25) is 5.04 Å². The van der Waals surface area contributed by atoms with E-state index in [-0.39, 0.29) is 23.1 Å². The first-order chi connectivity index (χ1) is 16.1. The molecular formula is C27H33NO4SSi. The topological polar surface area (TPSA) is 66.6 Å². The van der Waals surface area contributed by atoms with Crippen molar-refractivity contribution < 1.29 is 18.0 Å². The molecule has 34 heavy (non-hydrogen) atoms. The summed E-state index contributed by atoms with van der Waals surface area (Å²) < 4.78 is 35.0. The van der Waals surface area contributed by atoms with Crippen LogP contribution >= 0.6 is 0 Å². The van der Waals surface area contributed by atoms with Gasteiger partial charge in [-0.2, -0.15) is 4.31 Å². The molecule has 3 aromatic rings. The van der Waals surface area contributed by atoms with Crippen LogP contribution in [0.5, 0.6) is 0 Å². The van der Waals surface area contributed by atoms with Crippen LogP contribution in [0.25, 0.3) is 0 Å². The minimum atomic E-state index is -3.72. The van der Waals surface area contributed by atoms with Gasteiger partial charge in [0.1, 0.15) is 0 Å². The van der Waals surface area contributed by atoms with E-state index in [0.29, 0.717) is 0 Å². The Labute approximate surface area is 204 Å². The van der Waals surface area contributed by atoms with E-state index in [4.69, 9.17) is 4.43 Å². The normalized spacial score (nSPS) is 20.8. The Balaban J connectivity index is 1.69. The van der Waals surface area contributed by atoms with Crippen molar-refractivity contribution in [1.29, 1.82) is 0 Å². The van der Waals surface area contributed by atoms with Crippen molar-refractivity contribution in [2.75, 3.05) is 13.2 Å². The first kappa shape index (κ1) is 24.8. The number of sulfonamides is 1. The molecule has 0 spiro atoms. The average molecular weight is 496 g/mol. The Morgan fingerprint density at radius 3 is 1.79 bits per heavy atom. The molecule has 180 valence electrons. The van der Waals surface area contributed by atoms with E-state index in [1.165, 1.54) is 4.31 Å². The van der Waals surface area contributed by atoms with Gasteiger partial charge in [-0.3, -0.25) is 0 Å². The first-order valence-corrected chi connectivity index (χ1v) is 14.9. The number of aliphatic hydroxyl groups is 1. The van der Waals surface area contributed by atoms with Crippen LogP contribution in [0.1, 0.15) is 26.3 Å². The molecule has 0 aliphatic carbocycles. The van der Waals surface area contributed by atoms with Crippen LogP contribution < -0.4 is 10.4 Å². The van der Waals surface area contributed by atoms with E-state index in [9.17, 15) is 13.5 Å². The number of aryl methyl sites for hydroxylation is 1. The van der Waals surface area contributed by atoms with Crippen LogP contribution in [-0.2, 0) is 14.4 Å². The third-order valence-electron chi connectivity index (χ3n) is 6.68. The fourth-order valence-electron chi connectivity index (χ4n) is 4.86. The van der Waals surface area contributed by atoms with Gasteiger partial charge in [0, 0.05) is 0 Å². The quantitative estimate of drug-likeness (QED) is 0.385. The van der Waals surface area contributed by atoms with Gasteiger partial charge in [-0.05, 0) is 34.5 Å². The second-order valence-corrected chi connectivity index (χ2v) is 16.1. The number of aliphatic hydroxyl groups excluding tert-OH is 1. The lowest BCUT2D eigenvalue weighted by Gasteiger charge is -2.43. The lowest BCUT2D eigenvalue weighted by molar-refractivity contribution is 0.271. The molecule has 3 atom stereocenters. The van der Waals surface area contributed by atoms with Gasteiger partial charge >= 0.3 is 0 Å². The SMILES string of the molecule is Cc1ccc(S(=O)(=O)N2[C@H](CO)[C@@H]2CO[Si](c2ccccc2)(c2ccccc2)C(C)(C)C)cc1. The number of benzene rings is 3. The van der Waals surface area contributed by atoms with Crippen molar-refractivity contribution in [1.82, 2.24) is 4.31 Å². The maximum Gasteiger partial charge on any atom is 0.261 e. The summed E-state index contributed by atoms with van der Waals surface area (Å²) in [6.07, 6.45) is 0. The van der Waals surface area contributed by atoms with E-state index < -0.39 is 30.4 Å². The highest BCUT2D eigenvalue weighted by Gasteiger charge is 2.58. The van der Waals surface area contributed by atoms with E-state index in [1.807, 2.05) is 43.3 Å². The maximum atomic E-state index is 13.3. The van der Waals surface area contributed by atoms with Crippen molar-refractivity contribution >= 4 is 28.7 Å². The molecule has 1 N–H and O–H groups in total. The minimum absolute atomic E-state index is 0.208. The fraction of sp³-hybridized carbons (Fsp3) is 0.333. The highest BCUT2D eigenvalue weighted by atomic mass is 32.2. The Hall–Kier alpha value is -2.29. The monoisotopic (exact) mass is 495 g/mol. The fourth-order valence-corrected chi connectivity index (χ4v) is 11.2. The summed E-state index contributed by atoms with van der Waals surface area (Å²) in [5.74, 6) is 0. The minimum Gasteiger partial charge on any atom is -0.406 e. The molecule has 1 aliphatic rings. The van der Waals surface area contributed by atoms with Gasteiger partial charge in [-0.1, -0.05) is 99.1 Å². The van der Waals surface area contributed by atoms with Crippen LogP contribution in [0.15, 0.2) is 89.8 Å². The molecule has 0 radical (unpaired) electrons. The van der Waals surface area contributed by atoms with Crippen LogP contribution in [0.4, 0.5) is 0 Å². The molecule has 1 heterocycles. The zero-order chi connectivity index (χ0) is 24.6. The average Bonchev–Trinajstić information content (AvgIpc) is 3.54. The molecule has 1 unspecified atom stereocenters. The smallest absolute Gasteiger partial charge is 0.261 e. The summed E-state index contributed by atoms with van der Waals surface area (Å²) in [7, 11) is -6.51. The standard InChI is InChI=1S/C27H33NO4SSi/c1-21-15-17-22(18-16-21)33(30,31)28-25(19-29)26(28)20-32-34(27(2,3)4,23-11-7-5-8-12-23)24-13-9-6-10-14-24/h5-18,25-26,29H,19-20H2,1-4H3/t25-,26+,28?/m1/s1. The van der Waals surface area contributed by atoms with Crippen LogP contribution in [-0.4, -0.2) is 51.4 Å². The van der Waals surface area contributed by atoms with Gasteiger partial charge in [-0.15, -0.1) is 0 Å². The summed E-state index contributed by atoms with van der Waals surface area (Å²) in [6.45, 7) is 8.48. The molecule has 0 saturated carbocycles. The van der Waals surface area contributed by atoms with E-state index in [2.05, 4.69) is 45.0 Å². The molecule has 7 heteroatoms. The molecule has 0 amide bonds. The Bertz CT molecular complexity index is 1170. The molecule has 1 saturated heterocycles. The summed E-state index contributed by atoms with van der Waals surface area (Å²) in [6, 6.07) is 26.5. The van der Waals surface area contributed by atoms with E-state index >= 15 is 0 Å². The van der Waals surface area contributed by atoms with Crippen LogP contribution in [0.3, 0.4) is 0 Å². The van der Waals surface area contributed by atoms with Gasteiger partial charge in [-0.25, -0.2) is 8.42 Å². The van der Waals surface area contributed by atoms with Gasteiger partial charge in [0.15, 0.2) is 0 Å². The van der Waals surface area contributed by atoms with Crippen molar-refractivity contribution in [2.24, 2.45) is 0 Å². The Morgan fingerprint density at radius 2 is 1.35 bits per heavy atom. The van der Waals surface area contributed by atoms with Crippen molar-refractivity contribution in [2.45, 2.75) is 49.7 Å². The summed E-state index contributed by atoms with van der Waals surface area (Å²) in [5, 5.41) is 12.0. The molecule has 0 aromatic heterocycles. The van der Waals surface area contributed by atoms with E-state index in [1.54, 1.807) is 24.3 Å². The Kier molecular flexibility index (Phi) is 6.86. The van der Waals surface area contributed by atoms with Gasteiger partial charge in [0.2, 0.25) is 10.0 Å². The van der Waals surface area contributed by atoms with Gasteiger partial charge in [0.05, 0.1) is 30.2 Å². The second kappa shape index (κ2) is 9.39. The maximum absolute atomic E-state index is 13.3. The third-order valence-corrected chi connectivity index (χ3v) is 13.6. The molecule has 3 aromatic carbocycles. The summed E-state index contributed by atoms with van der Waals surface area (Å²) >= 11 is 0. The van der Waals surface area contributed by atoms with E-state index in [0.717, 1.165) is 15.9 Å². The molecular weight excluding hydrogens is 462 g/mol. The van der Waals surface area contributed by atoms with Crippen LogP contribution in [0, 0.1) is 6.92 Å². The number of hydrogen-bond acceptors (Lipinski definition) is 4. The lowest BCUT2D eigenvalue weighted by Crippen LogP contribution is -2.67. The van der Waals surface area contributed by atoms with Crippen molar-refractivity contribution in [3.05, 3.63) is 90.5 Å². The molecule has 4 rings (SSSR count). The summed E-state index contributed by atoms with van der Waals surface area (Å²) in [4.78, 5) is 0.240.